The van der Waals surface area contributed by atoms with Crippen molar-refractivity contribution in [3.05, 3.63) is 65.7 Å². The summed E-state index contributed by atoms with van der Waals surface area (Å²) >= 11 is 0. The van der Waals surface area contributed by atoms with Crippen molar-refractivity contribution < 1.29 is 13.2 Å². The van der Waals surface area contributed by atoms with Gasteiger partial charge in [-0.05, 0) is 49.2 Å². The molecule has 1 fully saturated rings. The van der Waals surface area contributed by atoms with Crippen LogP contribution >= 0.6 is 0 Å². The van der Waals surface area contributed by atoms with Crippen LogP contribution in [0.1, 0.15) is 18.1 Å². The number of nitrogens with zero attached hydrogens (tertiary/aromatic N) is 5. The van der Waals surface area contributed by atoms with Crippen molar-refractivity contribution in [2.75, 3.05) is 42.5 Å². The minimum absolute atomic E-state index is 0.0273. The molecule has 0 radical (unpaired) electrons. The van der Waals surface area contributed by atoms with E-state index >= 15 is 0 Å². The Labute approximate surface area is 199 Å². The molecule has 0 aliphatic carbocycles. The molecule has 5 rings (SSSR count). The minimum atomic E-state index is -3.61. The van der Waals surface area contributed by atoms with Gasteiger partial charge in [0.25, 0.3) is 0 Å². The van der Waals surface area contributed by atoms with Gasteiger partial charge in [0.1, 0.15) is 0 Å². The van der Waals surface area contributed by atoms with E-state index in [4.69, 9.17) is 0 Å². The van der Waals surface area contributed by atoms with E-state index < -0.39 is 10.0 Å². The fourth-order valence-corrected chi connectivity index (χ4v) is 6.02. The van der Waals surface area contributed by atoms with Gasteiger partial charge in [0, 0.05) is 50.9 Å². The Morgan fingerprint density at radius 3 is 2.26 bits per heavy atom. The Bertz CT molecular complexity index is 1320. The quantitative estimate of drug-likeness (QED) is 0.574. The third-order valence-electron chi connectivity index (χ3n) is 6.52. The molecule has 176 valence electrons. The molecule has 1 amide bonds. The van der Waals surface area contributed by atoms with Gasteiger partial charge in [-0.1, -0.05) is 29.8 Å². The molecule has 0 atom stereocenters. The molecule has 1 aromatic heterocycles. The molecule has 0 saturated carbocycles. The first-order chi connectivity index (χ1) is 16.3. The molecule has 8 nitrogen and oxygen atoms in total. The van der Waals surface area contributed by atoms with Crippen LogP contribution in [0.4, 0.5) is 11.5 Å². The molecule has 0 spiro atoms. The van der Waals surface area contributed by atoms with Crippen molar-refractivity contribution in [3.63, 3.8) is 0 Å². The van der Waals surface area contributed by atoms with Crippen molar-refractivity contribution in [1.82, 2.24) is 14.5 Å². The molecule has 9 heteroatoms. The van der Waals surface area contributed by atoms with Crippen molar-refractivity contribution in [2.45, 2.75) is 25.2 Å². The van der Waals surface area contributed by atoms with Gasteiger partial charge in [-0.3, -0.25) is 4.79 Å². The maximum atomic E-state index is 13.3. The van der Waals surface area contributed by atoms with Crippen LogP contribution in [-0.4, -0.2) is 61.6 Å². The Hall–Kier alpha value is -3.30. The highest BCUT2D eigenvalue weighted by atomic mass is 32.2. The standard InChI is InChI=1S/C25H27N5O3S/c1-18-3-5-20(6-4-18)23-8-10-25(27-26-23)28-13-15-29(16-14-28)34(32,33)22-7-9-24-21(17-22)11-12-30(24)19(2)31/h3-10,17H,11-16H2,1-2H3. The van der Waals surface area contributed by atoms with Crippen LogP contribution in [0.2, 0.25) is 0 Å². The minimum Gasteiger partial charge on any atom is -0.352 e. The Kier molecular flexibility index (Phi) is 5.83. The number of anilines is 2. The fraction of sp³-hybridized carbons (Fsp3) is 0.320. The molecule has 3 heterocycles. The Balaban J connectivity index is 1.26. The lowest BCUT2D eigenvalue weighted by Gasteiger charge is -2.34. The van der Waals surface area contributed by atoms with Crippen LogP contribution in [0.25, 0.3) is 11.3 Å². The summed E-state index contributed by atoms with van der Waals surface area (Å²) < 4.78 is 28.1. The van der Waals surface area contributed by atoms with E-state index in [1.165, 1.54) is 16.8 Å². The zero-order valence-corrected chi connectivity index (χ0v) is 20.1. The molecule has 1 saturated heterocycles. The molecule has 2 aliphatic heterocycles. The lowest BCUT2D eigenvalue weighted by molar-refractivity contribution is -0.116. The summed E-state index contributed by atoms with van der Waals surface area (Å²) in [4.78, 5) is 15.8. The molecular weight excluding hydrogens is 450 g/mol. The maximum Gasteiger partial charge on any atom is 0.243 e. The first-order valence-corrected chi connectivity index (χ1v) is 12.8. The van der Waals surface area contributed by atoms with E-state index in [2.05, 4.69) is 15.1 Å². The highest BCUT2D eigenvalue weighted by Crippen LogP contribution is 2.31. The lowest BCUT2D eigenvalue weighted by atomic mass is 10.1. The van der Waals surface area contributed by atoms with Crippen molar-refractivity contribution in [2.24, 2.45) is 0 Å². The second kappa shape index (κ2) is 8.81. The van der Waals surface area contributed by atoms with E-state index in [1.807, 2.05) is 43.3 Å². The van der Waals surface area contributed by atoms with E-state index in [0.29, 0.717) is 39.1 Å². The monoisotopic (exact) mass is 477 g/mol. The third kappa shape index (κ3) is 4.17. The number of hydrogen-bond acceptors (Lipinski definition) is 6. The SMILES string of the molecule is CC(=O)N1CCc2cc(S(=O)(=O)N3CCN(c4ccc(-c5ccc(C)cc5)nn4)CC3)ccc21. The first-order valence-electron chi connectivity index (χ1n) is 11.4. The van der Waals surface area contributed by atoms with E-state index in [-0.39, 0.29) is 10.8 Å². The average Bonchev–Trinajstić information content (AvgIpc) is 3.29. The Morgan fingerprint density at radius 1 is 0.882 bits per heavy atom. The number of carbonyl (C=O) groups excluding carboxylic acids is 1. The average molecular weight is 478 g/mol. The summed E-state index contributed by atoms with van der Waals surface area (Å²) in [6, 6.07) is 17.1. The maximum absolute atomic E-state index is 13.3. The zero-order valence-electron chi connectivity index (χ0n) is 19.3. The van der Waals surface area contributed by atoms with Crippen LogP contribution in [0.3, 0.4) is 0 Å². The van der Waals surface area contributed by atoms with Gasteiger partial charge in [-0.2, -0.15) is 4.31 Å². The van der Waals surface area contributed by atoms with Gasteiger partial charge in [0.15, 0.2) is 5.82 Å². The number of hydrogen-bond donors (Lipinski definition) is 0. The van der Waals surface area contributed by atoms with Gasteiger partial charge in [0.2, 0.25) is 15.9 Å². The fourth-order valence-electron chi connectivity index (χ4n) is 4.54. The number of piperazine rings is 1. The number of benzene rings is 2. The molecule has 2 aromatic carbocycles. The summed E-state index contributed by atoms with van der Waals surface area (Å²) in [7, 11) is -3.61. The van der Waals surface area contributed by atoms with Crippen molar-refractivity contribution >= 4 is 27.4 Å². The summed E-state index contributed by atoms with van der Waals surface area (Å²) in [6.45, 7) is 6.00. The van der Waals surface area contributed by atoms with Gasteiger partial charge in [-0.15, -0.1) is 10.2 Å². The summed E-state index contributed by atoms with van der Waals surface area (Å²) in [5.74, 6) is 0.718. The van der Waals surface area contributed by atoms with Crippen LogP contribution in [0, 0.1) is 6.92 Å². The van der Waals surface area contributed by atoms with E-state index in [1.54, 1.807) is 23.1 Å². The number of aryl methyl sites for hydroxylation is 1. The van der Waals surface area contributed by atoms with Crippen molar-refractivity contribution in [3.8, 4) is 11.3 Å². The summed E-state index contributed by atoms with van der Waals surface area (Å²) in [5, 5.41) is 8.75. The predicted octanol–water partition coefficient (Wildman–Crippen LogP) is 2.87. The number of rotatable bonds is 4. The van der Waals surface area contributed by atoms with E-state index in [0.717, 1.165) is 28.3 Å². The van der Waals surface area contributed by atoms with Gasteiger partial charge >= 0.3 is 0 Å². The molecule has 2 aliphatic rings. The summed E-state index contributed by atoms with van der Waals surface area (Å²) in [5.41, 5.74) is 4.73. The molecule has 3 aromatic rings. The second-order valence-electron chi connectivity index (χ2n) is 8.75. The zero-order chi connectivity index (χ0) is 23.9. The highest BCUT2D eigenvalue weighted by Gasteiger charge is 2.31. The number of aromatic nitrogens is 2. The first kappa shape index (κ1) is 22.5. The number of fused-ring (bicyclic) bond motifs is 1. The molecule has 0 N–H and O–H groups in total. The molecule has 0 bridgehead atoms. The Morgan fingerprint density at radius 2 is 1.62 bits per heavy atom. The number of carbonyl (C=O) groups is 1. The molecular formula is C25H27N5O3S. The number of sulfonamides is 1. The molecule has 34 heavy (non-hydrogen) atoms. The molecule has 0 unspecified atom stereocenters. The van der Waals surface area contributed by atoms with E-state index in [9.17, 15) is 13.2 Å². The van der Waals surface area contributed by atoms with Gasteiger partial charge in [0.05, 0.1) is 10.6 Å². The van der Waals surface area contributed by atoms with Gasteiger partial charge in [-0.25, -0.2) is 8.42 Å². The third-order valence-corrected chi connectivity index (χ3v) is 8.42. The van der Waals surface area contributed by atoms with Gasteiger partial charge < -0.3 is 9.80 Å². The van der Waals surface area contributed by atoms with Crippen LogP contribution < -0.4 is 9.80 Å². The van der Waals surface area contributed by atoms with Crippen molar-refractivity contribution in [1.29, 1.82) is 0 Å². The normalized spacial score (nSPS) is 16.5. The smallest absolute Gasteiger partial charge is 0.243 e. The number of amides is 1. The lowest BCUT2D eigenvalue weighted by Crippen LogP contribution is -2.49. The van der Waals surface area contributed by atoms with Crippen LogP contribution in [-0.2, 0) is 21.2 Å². The summed E-state index contributed by atoms with van der Waals surface area (Å²) in [6.07, 6.45) is 0.670. The highest BCUT2D eigenvalue weighted by molar-refractivity contribution is 7.89. The largest absolute Gasteiger partial charge is 0.352 e. The predicted molar refractivity (Wildman–Crippen MR) is 131 cm³/mol. The topological polar surface area (TPSA) is 86.7 Å². The second-order valence-corrected chi connectivity index (χ2v) is 10.7. The van der Waals surface area contributed by atoms with Crippen LogP contribution in [0.5, 0.6) is 0 Å². The van der Waals surface area contributed by atoms with Crippen LogP contribution in [0.15, 0.2) is 59.5 Å².